The van der Waals surface area contributed by atoms with Crippen molar-refractivity contribution in [3.8, 4) is 0 Å². The third-order valence-electron chi connectivity index (χ3n) is 2.15. The van der Waals surface area contributed by atoms with Gasteiger partial charge in [0.25, 0.3) is 0 Å². The SMILES string of the molecule is CC(C)CCNC(=O)C(C)Sc1n[nH]c(N)n1. The van der Waals surface area contributed by atoms with Crippen LogP contribution in [-0.2, 0) is 4.79 Å². The summed E-state index contributed by atoms with van der Waals surface area (Å²) in [6.45, 7) is 6.78. The van der Waals surface area contributed by atoms with E-state index in [1.54, 1.807) is 0 Å². The van der Waals surface area contributed by atoms with Gasteiger partial charge in [0.15, 0.2) is 0 Å². The lowest BCUT2D eigenvalue weighted by Gasteiger charge is -2.10. The number of nitrogens with one attached hydrogen (secondary N) is 2. The number of nitrogens with two attached hydrogens (primary N) is 1. The minimum atomic E-state index is -0.225. The van der Waals surface area contributed by atoms with Gasteiger partial charge in [0.05, 0.1) is 5.25 Å². The molecule has 0 saturated heterocycles. The quantitative estimate of drug-likeness (QED) is 0.661. The van der Waals surface area contributed by atoms with Crippen LogP contribution in [0.4, 0.5) is 5.95 Å². The second-order valence-corrected chi connectivity index (χ2v) is 5.54. The van der Waals surface area contributed by atoms with Gasteiger partial charge in [-0.15, -0.1) is 5.10 Å². The number of rotatable bonds is 6. The average Bonchev–Trinajstić information content (AvgIpc) is 2.63. The van der Waals surface area contributed by atoms with E-state index in [0.717, 1.165) is 6.42 Å². The molecule has 1 aromatic heterocycles. The fourth-order valence-electron chi connectivity index (χ4n) is 1.15. The molecule has 1 aromatic rings. The highest BCUT2D eigenvalue weighted by Crippen LogP contribution is 2.19. The molecule has 7 heteroatoms. The monoisotopic (exact) mass is 257 g/mol. The minimum absolute atomic E-state index is 0.000906. The molecule has 0 fully saturated rings. The Morgan fingerprint density at radius 2 is 2.24 bits per heavy atom. The summed E-state index contributed by atoms with van der Waals surface area (Å²) >= 11 is 1.29. The third kappa shape index (κ3) is 5.08. The highest BCUT2D eigenvalue weighted by Gasteiger charge is 2.16. The van der Waals surface area contributed by atoms with Gasteiger partial charge in [0.2, 0.25) is 17.0 Å². The maximum atomic E-state index is 11.7. The fraction of sp³-hybridized carbons (Fsp3) is 0.700. The molecule has 0 bridgehead atoms. The number of thioether (sulfide) groups is 1. The second-order valence-electron chi connectivity index (χ2n) is 4.24. The first-order valence-electron chi connectivity index (χ1n) is 5.61. The van der Waals surface area contributed by atoms with Crippen molar-refractivity contribution in [2.75, 3.05) is 12.3 Å². The van der Waals surface area contributed by atoms with Crippen molar-refractivity contribution in [1.29, 1.82) is 0 Å². The number of aromatic amines is 1. The smallest absolute Gasteiger partial charge is 0.233 e. The van der Waals surface area contributed by atoms with Gasteiger partial charge < -0.3 is 11.1 Å². The van der Waals surface area contributed by atoms with Crippen LogP contribution in [0, 0.1) is 5.92 Å². The summed E-state index contributed by atoms with van der Waals surface area (Å²) in [7, 11) is 0. The number of aromatic nitrogens is 3. The molecule has 0 radical (unpaired) electrons. The van der Waals surface area contributed by atoms with Gasteiger partial charge in [0, 0.05) is 6.54 Å². The van der Waals surface area contributed by atoms with Crippen molar-refractivity contribution in [2.45, 2.75) is 37.6 Å². The standard InChI is InChI=1S/C10H19N5OS/c1-6(2)4-5-12-8(16)7(3)17-10-13-9(11)14-15-10/h6-7H,4-5H2,1-3H3,(H,12,16)(H3,11,13,14,15). The molecule has 1 rings (SSSR count). The lowest BCUT2D eigenvalue weighted by molar-refractivity contribution is -0.120. The highest BCUT2D eigenvalue weighted by molar-refractivity contribution is 8.00. The predicted octanol–water partition coefficient (Wildman–Crippen LogP) is 1.03. The zero-order valence-corrected chi connectivity index (χ0v) is 11.2. The van der Waals surface area contributed by atoms with Gasteiger partial charge in [-0.05, 0) is 19.3 Å². The maximum absolute atomic E-state index is 11.7. The van der Waals surface area contributed by atoms with Crippen LogP contribution >= 0.6 is 11.8 Å². The molecule has 0 aliphatic rings. The Labute approximate surface area is 105 Å². The maximum Gasteiger partial charge on any atom is 0.233 e. The molecule has 0 spiro atoms. The normalized spacial score (nSPS) is 12.7. The molecule has 17 heavy (non-hydrogen) atoms. The predicted molar refractivity (Wildman–Crippen MR) is 68.6 cm³/mol. The molecule has 1 atom stereocenters. The van der Waals surface area contributed by atoms with Gasteiger partial charge in [-0.1, -0.05) is 25.6 Å². The van der Waals surface area contributed by atoms with E-state index in [2.05, 4.69) is 34.3 Å². The summed E-state index contributed by atoms with van der Waals surface area (Å²) in [6, 6.07) is 0. The van der Waals surface area contributed by atoms with Crippen LogP contribution in [0.3, 0.4) is 0 Å². The summed E-state index contributed by atoms with van der Waals surface area (Å²) in [6.07, 6.45) is 0.983. The van der Waals surface area contributed by atoms with E-state index in [-0.39, 0.29) is 17.1 Å². The van der Waals surface area contributed by atoms with Gasteiger partial charge in [-0.25, -0.2) is 5.10 Å². The van der Waals surface area contributed by atoms with Crippen LogP contribution in [-0.4, -0.2) is 32.9 Å². The zero-order chi connectivity index (χ0) is 12.8. The highest BCUT2D eigenvalue weighted by atomic mass is 32.2. The van der Waals surface area contributed by atoms with Crippen LogP contribution in [0.5, 0.6) is 0 Å². The topological polar surface area (TPSA) is 96.7 Å². The lowest BCUT2D eigenvalue weighted by Crippen LogP contribution is -2.32. The van der Waals surface area contributed by atoms with Crippen molar-refractivity contribution in [2.24, 2.45) is 5.92 Å². The molecule has 6 nitrogen and oxygen atoms in total. The molecule has 0 aliphatic carbocycles. The molecule has 96 valence electrons. The minimum Gasteiger partial charge on any atom is -0.368 e. The number of hydrogen-bond donors (Lipinski definition) is 3. The first kappa shape index (κ1) is 13.8. The molecular weight excluding hydrogens is 238 g/mol. The fourth-order valence-corrected chi connectivity index (χ4v) is 1.91. The third-order valence-corrected chi connectivity index (χ3v) is 3.12. The Bertz CT molecular complexity index is 365. The summed E-state index contributed by atoms with van der Waals surface area (Å²) in [5.74, 6) is 0.852. The van der Waals surface area contributed by atoms with Gasteiger partial charge in [0.1, 0.15) is 0 Å². The van der Waals surface area contributed by atoms with Crippen LogP contribution in [0.2, 0.25) is 0 Å². The van der Waals surface area contributed by atoms with Crippen LogP contribution < -0.4 is 11.1 Å². The van der Waals surface area contributed by atoms with Crippen molar-refractivity contribution < 1.29 is 4.79 Å². The van der Waals surface area contributed by atoms with E-state index < -0.39 is 0 Å². The van der Waals surface area contributed by atoms with E-state index in [1.165, 1.54) is 11.8 Å². The lowest BCUT2D eigenvalue weighted by atomic mass is 10.1. The van der Waals surface area contributed by atoms with Crippen molar-refractivity contribution in [3.05, 3.63) is 0 Å². The van der Waals surface area contributed by atoms with Gasteiger partial charge in [-0.2, -0.15) is 4.98 Å². The summed E-state index contributed by atoms with van der Waals surface area (Å²) in [5.41, 5.74) is 5.40. The average molecular weight is 257 g/mol. The molecule has 4 N–H and O–H groups in total. The van der Waals surface area contributed by atoms with Gasteiger partial charge in [-0.3, -0.25) is 4.79 Å². The van der Waals surface area contributed by atoms with E-state index in [1.807, 2.05) is 6.92 Å². The molecule has 0 aromatic carbocycles. The van der Waals surface area contributed by atoms with E-state index >= 15 is 0 Å². The zero-order valence-electron chi connectivity index (χ0n) is 10.4. The van der Waals surface area contributed by atoms with E-state index in [0.29, 0.717) is 17.6 Å². The molecule has 1 unspecified atom stereocenters. The number of H-pyrrole nitrogens is 1. The molecule has 0 aliphatic heterocycles. The Morgan fingerprint density at radius 1 is 1.53 bits per heavy atom. The summed E-state index contributed by atoms with van der Waals surface area (Å²) in [4.78, 5) is 15.6. The first-order chi connectivity index (χ1) is 7.99. The van der Waals surface area contributed by atoms with E-state index in [4.69, 9.17) is 5.73 Å². The molecular formula is C10H19N5OS. The number of nitrogen functional groups attached to an aromatic ring is 1. The summed E-state index contributed by atoms with van der Waals surface area (Å²) < 4.78 is 0. The van der Waals surface area contributed by atoms with Crippen LogP contribution in [0.15, 0.2) is 5.16 Å². The number of anilines is 1. The van der Waals surface area contributed by atoms with Crippen molar-refractivity contribution in [3.63, 3.8) is 0 Å². The molecule has 0 saturated carbocycles. The van der Waals surface area contributed by atoms with Crippen molar-refractivity contribution in [1.82, 2.24) is 20.5 Å². The largest absolute Gasteiger partial charge is 0.368 e. The number of amides is 1. The van der Waals surface area contributed by atoms with Crippen LogP contribution in [0.1, 0.15) is 27.2 Å². The number of carbonyl (C=O) groups is 1. The molecule has 1 heterocycles. The van der Waals surface area contributed by atoms with E-state index in [9.17, 15) is 4.79 Å². The Kier molecular flexibility index (Phi) is 5.27. The first-order valence-corrected chi connectivity index (χ1v) is 6.49. The second kappa shape index (κ2) is 6.48. The van der Waals surface area contributed by atoms with Gasteiger partial charge >= 0.3 is 0 Å². The van der Waals surface area contributed by atoms with Crippen molar-refractivity contribution >= 4 is 23.6 Å². The number of nitrogens with zero attached hydrogens (tertiary/aromatic N) is 2. The Hall–Kier alpha value is -1.24. The Morgan fingerprint density at radius 3 is 2.76 bits per heavy atom. The summed E-state index contributed by atoms with van der Waals surface area (Å²) in [5, 5.41) is 9.56. The van der Waals surface area contributed by atoms with Crippen LogP contribution in [0.25, 0.3) is 0 Å². The number of hydrogen-bond acceptors (Lipinski definition) is 5. The molecule has 1 amide bonds. The Balaban J connectivity index is 2.31. The number of carbonyl (C=O) groups excluding carboxylic acids is 1.